The zero-order valence-corrected chi connectivity index (χ0v) is 27.8. The highest BCUT2D eigenvalue weighted by atomic mass is 127. The van der Waals surface area contributed by atoms with E-state index in [1.54, 1.807) is 18.4 Å². The second-order valence-electron chi connectivity index (χ2n) is 9.58. The van der Waals surface area contributed by atoms with Crippen LogP contribution >= 0.6 is 45.8 Å². The molecule has 1 aliphatic heterocycles. The molecule has 0 spiro atoms. The molecule has 0 amide bonds. The highest BCUT2D eigenvalue weighted by Crippen LogP contribution is 2.32. The summed E-state index contributed by atoms with van der Waals surface area (Å²) >= 11 is 13.8. The summed E-state index contributed by atoms with van der Waals surface area (Å²) in [6.45, 7) is 2.58. The molecule has 3 aromatic carbocycles. The molecule has 11 heteroatoms. The Morgan fingerprint density at radius 3 is 1.91 bits per heavy atom. The van der Waals surface area contributed by atoms with Crippen molar-refractivity contribution < 1.29 is 14.0 Å². The summed E-state index contributed by atoms with van der Waals surface area (Å²) in [6.07, 6.45) is 7.11. The Balaban J connectivity index is 0.000000188. The van der Waals surface area contributed by atoms with Crippen molar-refractivity contribution in [3.8, 4) is 33.8 Å². The number of aromatic amines is 1. The maximum absolute atomic E-state index is 5.86. The largest absolute Gasteiger partial charge is 0.628 e. The van der Waals surface area contributed by atoms with Gasteiger partial charge in [-0.25, -0.2) is 9.97 Å². The molecule has 0 atom stereocenters. The Bertz CT molecular complexity index is 1860. The van der Waals surface area contributed by atoms with Crippen molar-refractivity contribution in [3.05, 3.63) is 135 Å². The summed E-state index contributed by atoms with van der Waals surface area (Å²) in [5, 5.41) is 2.60. The van der Waals surface area contributed by atoms with Crippen LogP contribution in [0.1, 0.15) is 21.8 Å². The first-order valence-electron chi connectivity index (χ1n) is 14.0. The van der Waals surface area contributed by atoms with Gasteiger partial charge in [-0.15, -0.1) is 0 Å². The zero-order valence-electron chi connectivity index (χ0n) is 24.2. The number of ether oxygens (including phenoxy) is 1. The predicted octanol–water partition coefficient (Wildman–Crippen LogP) is 10.8. The van der Waals surface area contributed by atoms with Gasteiger partial charge in [-0.05, 0) is 95.2 Å². The highest BCUT2D eigenvalue weighted by molar-refractivity contribution is 14.1. The van der Waals surface area contributed by atoms with Crippen molar-refractivity contribution in [1.29, 1.82) is 0 Å². The number of halogens is 3. The zero-order chi connectivity index (χ0) is 31.6. The first-order chi connectivity index (χ1) is 21.9. The van der Waals surface area contributed by atoms with Crippen LogP contribution in [0, 0.1) is 3.57 Å². The molecule has 0 saturated carbocycles. The molecular formula is C36H36BCl2IN4O3. The summed E-state index contributed by atoms with van der Waals surface area (Å²) < 4.78 is 16.9. The first-order valence-corrected chi connectivity index (χ1v) is 15.8. The Hall–Kier alpha value is -4.19. The number of aromatic nitrogens is 3. The highest BCUT2D eigenvalue weighted by Gasteiger charge is 2.28. The van der Waals surface area contributed by atoms with E-state index in [0.717, 1.165) is 58.4 Å². The number of hydrogen-bond acceptors (Lipinski definition) is 6. The topological polar surface area (TPSA) is 95.3 Å². The van der Waals surface area contributed by atoms with Crippen molar-refractivity contribution in [2.45, 2.75) is 21.8 Å². The summed E-state index contributed by atoms with van der Waals surface area (Å²) in [4.78, 5) is 11.5. The number of H-pyrrole nitrogens is 1. The van der Waals surface area contributed by atoms with E-state index in [1.807, 2.05) is 104 Å². The number of para-hydroxylation sites is 2. The van der Waals surface area contributed by atoms with Crippen LogP contribution < -0.4 is 15.0 Å². The molecule has 3 N–H and O–H groups in total. The Morgan fingerprint density at radius 2 is 1.36 bits per heavy atom. The second kappa shape index (κ2) is 18.2. The van der Waals surface area contributed by atoms with E-state index >= 15 is 0 Å². The van der Waals surface area contributed by atoms with Gasteiger partial charge in [0.05, 0.1) is 16.4 Å². The number of rotatable bonds is 5. The molecule has 7 rings (SSSR count). The number of anilines is 1. The van der Waals surface area contributed by atoms with E-state index in [4.69, 9.17) is 43.0 Å². The number of benzene rings is 3. The predicted molar refractivity (Wildman–Crippen MR) is 206 cm³/mol. The fourth-order valence-corrected chi connectivity index (χ4v) is 4.93. The summed E-state index contributed by atoms with van der Waals surface area (Å²) in [5.74, 6) is 3.86. The summed E-state index contributed by atoms with van der Waals surface area (Å²) in [5.41, 5.74) is 10.9. The smallest absolute Gasteiger partial charge is 0.520 e. The number of nitrogen functional groups attached to an aromatic ring is 1. The molecule has 0 bridgehead atoms. The standard InChI is InChI=1S/C13H9ClN2.C11H8ClIN2.C10H11BO3.2CH4/c14-12-3-1-9(2-4-12)11-7-10-5-6-15-13(10)16-8-11;12-9-3-1-7(2-4-9)8-5-10(13)11(14)15-6-8;1-2-12-8-7-11-13-9-5-3-4-6-10(9)14-11;;/h1-8H,(H,15,16);1-6H,(H2,14,15);3-8H,2H2,1H3;2*1H4. The average Bonchev–Trinajstić information content (AvgIpc) is 3.70. The quantitative estimate of drug-likeness (QED) is 0.103. The van der Waals surface area contributed by atoms with E-state index in [0.29, 0.717) is 12.4 Å². The number of nitrogens with two attached hydrogens (primary N) is 1. The van der Waals surface area contributed by atoms with E-state index in [-0.39, 0.29) is 22.0 Å². The van der Waals surface area contributed by atoms with Crippen LogP contribution in [0.15, 0.2) is 122 Å². The summed E-state index contributed by atoms with van der Waals surface area (Å²) in [7, 11) is -0.362. The van der Waals surface area contributed by atoms with Crippen molar-refractivity contribution >= 4 is 69.8 Å². The fraction of sp³-hybridized carbons (Fsp3) is 0.111. The lowest BCUT2D eigenvalue weighted by molar-refractivity contribution is 0.269. The Morgan fingerprint density at radius 1 is 0.809 bits per heavy atom. The summed E-state index contributed by atoms with van der Waals surface area (Å²) in [6, 6.07) is 29.1. The molecule has 47 heavy (non-hydrogen) atoms. The molecule has 0 radical (unpaired) electrons. The minimum absolute atomic E-state index is 0. The Labute approximate surface area is 300 Å². The fourth-order valence-electron chi connectivity index (χ4n) is 4.20. The molecule has 0 unspecified atom stereocenters. The van der Waals surface area contributed by atoms with Gasteiger partial charge in [0.25, 0.3) is 0 Å². The van der Waals surface area contributed by atoms with Crippen molar-refractivity contribution in [1.82, 2.24) is 15.0 Å². The van der Waals surface area contributed by atoms with Crippen molar-refractivity contribution in [2.24, 2.45) is 0 Å². The SMILES string of the molecule is C.C.CCOC=CB1Oc2ccccc2O1.Clc1ccc(-c2cnc3[nH]ccc3c2)cc1.Nc1ncc(-c2ccc(Cl)cc2)cc1I. The van der Waals surface area contributed by atoms with Crippen molar-refractivity contribution in [2.75, 3.05) is 12.3 Å². The van der Waals surface area contributed by atoms with Gasteiger partial charge in [-0.1, -0.05) is 74.5 Å². The third-order valence-electron chi connectivity index (χ3n) is 6.46. The van der Waals surface area contributed by atoms with Gasteiger partial charge >= 0.3 is 7.12 Å². The Kier molecular flexibility index (Phi) is 14.5. The number of hydrogen-bond donors (Lipinski definition) is 2. The maximum Gasteiger partial charge on any atom is 0.628 e. The second-order valence-corrected chi connectivity index (χ2v) is 11.6. The van der Waals surface area contributed by atoms with Crippen LogP contribution in [-0.4, -0.2) is 28.7 Å². The van der Waals surface area contributed by atoms with Crippen molar-refractivity contribution in [3.63, 3.8) is 0 Å². The van der Waals surface area contributed by atoms with Crippen LogP contribution in [-0.2, 0) is 4.74 Å². The molecule has 242 valence electrons. The van der Waals surface area contributed by atoms with Gasteiger partial charge in [0.15, 0.2) is 0 Å². The first kappa shape index (κ1) is 37.3. The number of nitrogens with zero attached hydrogens (tertiary/aromatic N) is 2. The molecule has 0 saturated heterocycles. The third-order valence-corrected chi connectivity index (χ3v) is 7.83. The molecule has 3 aromatic heterocycles. The van der Waals surface area contributed by atoms with Gasteiger partial charge in [0.1, 0.15) is 23.0 Å². The van der Waals surface area contributed by atoms with Crippen LogP contribution in [0.3, 0.4) is 0 Å². The molecular weight excluding hydrogens is 745 g/mol. The molecule has 1 aliphatic rings. The monoisotopic (exact) mass is 780 g/mol. The lowest BCUT2D eigenvalue weighted by Crippen LogP contribution is -2.21. The van der Waals surface area contributed by atoms with Crippen LogP contribution in [0.2, 0.25) is 10.0 Å². The van der Waals surface area contributed by atoms with Gasteiger partial charge in [-0.3, -0.25) is 0 Å². The van der Waals surface area contributed by atoms with Gasteiger partial charge in [-0.2, -0.15) is 0 Å². The molecule has 7 nitrogen and oxygen atoms in total. The normalized spacial score (nSPS) is 11.0. The molecule has 0 fully saturated rings. The van der Waals surface area contributed by atoms with Gasteiger partial charge < -0.3 is 24.8 Å². The van der Waals surface area contributed by atoms with Crippen LogP contribution in [0.4, 0.5) is 5.82 Å². The average molecular weight is 781 g/mol. The van der Waals surface area contributed by atoms with Gasteiger partial charge in [0, 0.05) is 51.1 Å². The number of fused-ring (bicyclic) bond motifs is 2. The van der Waals surface area contributed by atoms with E-state index in [2.05, 4.69) is 43.6 Å². The van der Waals surface area contributed by atoms with Gasteiger partial charge in [0.2, 0.25) is 0 Å². The lowest BCUT2D eigenvalue weighted by Gasteiger charge is -2.03. The lowest BCUT2D eigenvalue weighted by atomic mass is 9.92. The molecule has 0 aliphatic carbocycles. The minimum Gasteiger partial charge on any atom is -0.520 e. The minimum atomic E-state index is -0.362. The molecule has 6 aromatic rings. The van der Waals surface area contributed by atoms with E-state index in [9.17, 15) is 0 Å². The van der Waals surface area contributed by atoms with Crippen LogP contribution in [0.25, 0.3) is 33.3 Å². The third kappa shape index (κ3) is 10.4. The van der Waals surface area contributed by atoms with E-state index < -0.39 is 0 Å². The molecule has 4 heterocycles. The number of pyridine rings is 2. The van der Waals surface area contributed by atoms with Crippen LogP contribution in [0.5, 0.6) is 11.5 Å². The van der Waals surface area contributed by atoms with E-state index in [1.165, 1.54) is 0 Å². The number of nitrogens with one attached hydrogen (secondary N) is 1. The maximum atomic E-state index is 5.86.